The third kappa shape index (κ3) is 3.24. The number of carboxylic acid groups (broad SMARTS) is 2. The topological polar surface area (TPSA) is 105 Å². The SMILES string of the molecule is CN1C(C(=O)O)C(C(=O)O)CNCC1(C)N1CCCNCC1. The standard InChI is InChI=1S/C14H26N4O4/c1-14(18-6-3-4-15-5-7-18)9-16-8-10(12(19)20)11(13(21)22)17(14)2/h10-11,15-16H,3-9H2,1-2H3,(H,19,20)(H,21,22). The van der Waals surface area contributed by atoms with E-state index in [0.29, 0.717) is 6.54 Å². The van der Waals surface area contributed by atoms with Gasteiger partial charge < -0.3 is 20.8 Å². The first-order valence-electron chi connectivity index (χ1n) is 7.73. The molecular formula is C14H26N4O4. The van der Waals surface area contributed by atoms with Crippen molar-refractivity contribution >= 4 is 11.9 Å². The molecule has 0 radical (unpaired) electrons. The van der Waals surface area contributed by atoms with Crippen molar-refractivity contribution in [3.8, 4) is 0 Å². The number of carboxylic acids is 2. The smallest absolute Gasteiger partial charge is 0.321 e. The van der Waals surface area contributed by atoms with Crippen LogP contribution in [0.25, 0.3) is 0 Å². The first-order valence-corrected chi connectivity index (χ1v) is 7.73. The molecule has 0 saturated carbocycles. The van der Waals surface area contributed by atoms with Crippen LogP contribution < -0.4 is 10.6 Å². The van der Waals surface area contributed by atoms with Gasteiger partial charge in [0.25, 0.3) is 0 Å². The molecule has 126 valence electrons. The zero-order valence-electron chi connectivity index (χ0n) is 13.2. The number of likely N-dealkylation sites (N-methyl/N-ethyl adjacent to an activating group) is 1. The van der Waals surface area contributed by atoms with Crippen LogP contribution in [-0.2, 0) is 9.59 Å². The average Bonchev–Trinajstić information content (AvgIpc) is 2.79. The Hall–Kier alpha value is -1.22. The van der Waals surface area contributed by atoms with E-state index < -0.39 is 29.6 Å². The van der Waals surface area contributed by atoms with E-state index in [4.69, 9.17) is 0 Å². The predicted octanol–water partition coefficient (Wildman–Crippen LogP) is -1.31. The second-order valence-corrected chi connectivity index (χ2v) is 6.28. The second-order valence-electron chi connectivity index (χ2n) is 6.28. The highest BCUT2D eigenvalue weighted by atomic mass is 16.4. The fraction of sp³-hybridized carbons (Fsp3) is 0.857. The molecule has 2 rings (SSSR count). The van der Waals surface area contributed by atoms with Gasteiger partial charge in [-0.1, -0.05) is 0 Å². The van der Waals surface area contributed by atoms with Crippen LogP contribution in [0.3, 0.4) is 0 Å². The van der Waals surface area contributed by atoms with E-state index in [-0.39, 0.29) is 6.54 Å². The molecule has 0 spiro atoms. The molecule has 0 bridgehead atoms. The molecule has 3 unspecified atom stereocenters. The van der Waals surface area contributed by atoms with E-state index in [0.717, 1.165) is 32.6 Å². The summed E-state index contributed by atoms with van der Waals surface area (Å²) in [5, 5.41) is 25.4. The zero-order chi connectivity index (χ0) is 16.3. The Balaban J connectivity index is 2.30. The number of hydrogen-bond donors (Lipinski definition) is 4. The molecule has 3 atom stereocenters. The van der Waals surface area contributed by atoms with Crippen LogP contribution >= 0.6 is 0 Å². The molecule has 22 heavy (non-hydrogen) atoms. The highest BCUT2D eigenvalue weighted by Gasteiger charge is 2.48. The lowest BCUT2D eigenvalue weighted by atomic mass is 9.97. The van der Waals surface area contributed by atoms with Gasteiger partial charge in [0.1, 0.15) is 6.04 Å². The second kappa shape index (κ2) is 6.91. The molecule has 8 heteroatoms. The molecule has 0 aliphatic carbocycles. The number of hydrogen-bond acceptors (Lipinski definition) is 6. The van der Waals surface area contributed by atoms with Crippen LogP contribution in [0, 0.1) is 5.92 Å². The highest BCUT2D eigenvalue weighted by molar-refractivity contribution is 5.83. The molecule has 8 nitrogen and oxygen atoms in total. The van der Waals surface area contributed by atoms with Gasteiger partial charge in [-0.3, -0.25) is 19.4 Å². The summed E-state index contributed by atoms with van der Waals surface area (Å²) < 4.78 is 0. The van der Waals surface area contributed by atoms with Crippen molar-refractivity contribution in [2.45, 2.75) is 25.0 Å². The number of carbonyl (C=O) groups is 2. The zero-order valence-corrected chi connectivity index (χ0v) is 13.2. The Kier molecular flexibility index (Phi) is 5.38. The first-order chi connectivity index (χ1) is 10.4. The quantitative estimate of drug-likeness (QED) is 0.509. The van der Waals surface area contributed by atoms with Gasteiger partial charge in [-0.15, -0.1) is 0 Å². The molecule has 4 N–H and O–H groups in total. The third-order valence-corrected chi connectivity index (χ3v) is 4.97. The summed E-state index contributed by atoms with van der Waals surface area (Å²) in [5.41, 5.74) is -0.528. The molecule has 0 aromatic heterocycles. The van der Waals surface area contributed by atoms with Crippen molar-refractivity contribution in [1.82, 2.24) is 20.4 Å². The fourth-order valence-electron chi connectivity index (χ4n) is 3.49. The van der Waals surface area contributed by atoms with Gasteiger partial charge >= 0.3 is 11.9 Å². The summed E-state index contributed by atoms with van der Waals surface area (Å²) in [6, 6.07) is -1.05. The van der Waals surface area contributed by atoms with E-state index in [1.54, 1.807) is 11.9 Å². The molecule has 2 heterocycles. The summed E-state index contributed by atoms with van der Waals surface area (Å²) in [5.74, 6) is -3.12. The third-order valence-electron chi connectivity index (χ3n) is 4.97. The van der Waals surface area contributed by atoms with Gasteiger partial charge in [-0.25, -0.2) is 0 Å². The Morgan fingerprint density at radius 2 is 1.86 bits per heavy atom. The average molecular weight is 314 g/mol. The van der Waals surface area contributed by atoms with E-state index in [1.807, 2.05) is 6.92 Å². The number of nitrogens with one attached hydrogen (secondary N) is 2. The van der Waals surface area contributed by atoms with Crippen molar-refractivity contribution < 1.29 is 19.8 Å². The van der Waals surface area contributed by atoms with Crippen LogP contribution in [0.4, 0.5) is 0 Å². The van der Waals surface area contributed by atoms with Gasteiger partial charge in [-0.2, -0.15) is 0 Å². The van der Waals surface area contributed by atoms with E-state index >= 15 is 0 Å². The normalized spacial score (nSPS) is 35.5. The number of aliphatic carboxylic acids is 2. The van der Waals surface area contributed by atoms with Crippen molar-refractivity contribution in [1.29, 1.82) is 0 Å². The molecule has 2 saturated heterocycles. The molecule has 0 aromatic rings. The molecule has 2 aliphatic rings. The maximum absolute atomic E-state index is 11.7. The molecule has 0 aromatic carbocycles. The Labute approximate surface area is 130 Å². The summed E-state index contributed by atoms with van der Waals surface area (Å²) in [7, 11) is 1.72. The van der Waals surface area contributed by atoms with Crippen LogP contribution in [0.5, 0.6) is 0 Å². The minimum atomic E-state index is -1.09. The van der Waals surface area contributed by atoms with Crippen molar-refractivity contribution in [2.24, 2.45) is 5.92 Å². The fourth-order valence-corrected chi connectivity index (χ4v) is 3.49. The summed E-state index contributed by atoms with van der Waals surface area (Å²) in [4.78, 5) is 27.1. The van der Waals surface area contributed by atoms with Crippen LogP contribution in [0.2, 0.25) is 0 Å². The van der Waals surface area contributed by atoms with Crippen molar-refractivity contribution in [3.05, 3.63) is 0 Å². The lowest BCUT2D eigenvalue weighted by molar-refractivity contribution is -0.159. The minimum Gasteiger partial charge on any atom is -0.481 e. The highest BCUT2D eigenvalue weighted by Crippen LogP contribution is 2.27. The van der Waals surface area contributed by atoms with Gasteiger partial charge in [0.15, 0.2) is 0 Å². The lowest BCUT2D eigenvalue weighted by Crippen LogP contribution is -2.65. The van der Waals surface area contributed by atoms with E-state index in [2.05, 4.69) is 15.5 Å². The number of nitrogens with zero attached hydrogens (tertiary/aromatic N) is 2. The Morgan fingerprint density at radius 1 is 1.14 bits per heavy atom. The largest absolute Gasteiger partial charge is 0.481 e. The summed E-state index contributed by atoms with van der Waals surface area (Å²) in [6.45, 7) is 6.17. The van der Waals surface area contributed by atoms with Crippen LogP contribution in [0.15, 0.2) is 0 Å². The molecule has 2 aliphatic heterocycles. The molecule has 0 amide bonds. The van der Waals surface area contributed by atoms with Crippen LogP contribution in [-0.4, -0.2) is 90.0 Å². The van der Waals surface area contributed by atoms with E-state index in [9.17, 15) is 19.8 Å². The van der Waals surface area contributed by atoms with Crippen LogP contribution in [0.1, 0.15) is 13.3 Å². The van der Waals surface area contributed by atoms with Gasteiger partial charge in [0.05, 0.1) is 11.6 Å². The van der Waals surface area contributed by atoms with Gasteiger partial charge in [0, 0.05) is 32.7 Å². The van der Waals surface area contributed by atoms with Crippen molar-refractivity contribution in [3.63, 3.8) is 0 Å². The Morgan fingerprint density at radius 3 is 2.50 bits per heavy atom. The monoisotopic (exact) mass is 314 g/mol. The summed E-state index contributed by atoms with van der Waals surface area (Å²) >= 11 is 0. The lowest BCUT2D eigenvalue weighted by Gasteiger charge is -2.48. The number of rotatable bonds is 3. The summed E-state index contributed by atoms with van der Waals surface area (Å²) in [6.07, 6.45) is 0.990. The minimum absolute atomic E-state index is 0.165. The maximum Gasteiger partial charge on any atom is 0.321 e. The molecular weight excluding hydrogens is 288 g/mol. The van der Waals surface area contributed by atoms with Crippen molar-refractivity contribution in [2.75, 3.05) is 46.3 Å². The van der Waals surface area contributed by atoms with Gasteiger partial charge in [0.2, 0.25) is 0 Å². The maximum atomic E-state index is 11.7. The van der Waals surface area contributed by atoms with E-state index in [1.165, 1.54) is 0 Å². The predicted molar refractivity (Wildman–Crippen MR) is 80.6 cm³/mol. The first kappa shape index (κ1) is 17.1. The Bertz CT molecular complexity index is 425. The van der Waals surface area contributed by atoms with Gasteiger partial charge in [-0.05, 0) is 26.9 Å². The molecule has 2 fully saturated rings.